The van der Waals surface area contributed by atoms with Gasteiger partial charge in [-0.1, -0.05) is 36.4 Å². The van der Waals surface area contributed by atoms with E-state index in [2.05, 4.69) is 5.32 Å². The van der Waals surface area contributed by atoms with Gasteiger partial charge in [0.15, 0.2) is 5.78 Å². The number of amides is 1. The largest absolute Gasteiger partial charge is 0.353 e. The van der Waals surface area contributed by atoms with Gasteiger partial charge in [0.2, 0.25) is 5.91 Å². The summed E-state index contributed by atoms with van der Waals surface area (Å²) in [4.78, 5) is 21.6. The van der Waals surface area contributed by atoms with Crippen molar-refractivity contribution in [2.24, 2.45) is 0 Å². The lowest BCUT2D eigenvalue weighted by atomic mass is 10.1. The number of rotatable bonds is 4. The Morgan fingerprint density at radius 1 is 1.19 bits per heavy atom. The molecule has 3 nitrogen and oxygen atoms in total. The molecule has 0 aliphatic heterocycles. The van der Waals surface area contributed by atoms with Crippen molar-refractivity contribution in [3.05, 3.63) is 41.5 Å². The third kappa shape index (κ3) is 4.09. The van der Waals surface area contributed by atoms with Crippen LogP contribution in [0.5, 0.6) is 0 Å². The number of ketones is 1. The minimum Gasteiger partial charge on any atom is -0.353 e. The molecule has 0 saturated heterocycles. The molecule has 16 heavy (non-hydrogen) atoms. The predicted molar refractivity (Wildman–Crippen MR) is 64.2 cm³/mol. The maximum atomic E-state index is 11.0. The van der Waals surface area contributed by atoms with Gasteiger partial charge in [0, 0.05) is 19.0 Å². The highest BCUT2D eigenvalue weighted by atomic mass is 16.1. The lowest BCUT2D eigenvalue weighted by Crippen LogP contribution is -2.19. The summed E-state index contributed by atoms with van der Waals surface area (Å²) in [5.41, 5.74) is 1.72. The van der Waals surface area contributed by atoms with Gasteiger partial charge < -0.3 is 5.32 Å². The third-order valence-electron chi connectivity index (χ3n) is 2.10. The van der Waals surface area contributed by atoms with Crippen LogP contribution in [0.4, 0.5) is 0 Å². The Hall–Kier alpha value is -1.90. The summed E-state index contributed by atoms with van der Waals surface area (Å²) in [6.45, 7) is 3.54. The fourth-order valence-corrected chi connectivity index (χ4v) is 1.23. The lowest BCUT2D eigenvalue weighted by Gasteiger charge is -1.97. The maximum absolute atomic E-state index is 11.0. The van der Waals surface area contributed by atoms with E-state index in [4.69, 9.17) is 0 Å². The average Bonchev–Trinajstić information content (AvgIpc) is 2.25. The summed E-state index contributed by atoms with van der Waals surface area (Å²) in [6.07, 6.45) is 3.77. The quantitative estimate of drug-likeness (QED) is 0.784. The Morgan fingerprint density at radius 3 is 2.31 bits per heavy atom. The number of Topliss-reactive ketones (excluding diaryl/α,β-unsaturated/α-hetero) is 1. The Kier molecular flexibility index (Phi) is 4.45. The van der Waals surface area contributed by atoms with Gasteiger partial charge >= 0.3 is 0 Å². The van der Waals surface area contributed by atoms with Crippen LogP contribution in [0.15, 0.2) is 30.3 Å². The number of carbonyl (C=O) groups excluding carboxylic acids is 2. The maximum Gasteiger partial charge on any atom is 0.217 e. The molecular weight excluding hydrogens is 202 g/mol. The van der Waals surface area contributed by atoms with Crippen molar-refractivity contribution in [1.82, 2.24) is 5.32 Å². The molecule has 1 amide bonds. The molecule has 1 rings (SSSR count). The van der Waals surface area contributed by atoms with Crippen LogP contribution in [0, 0.1) is 0 Å². The molecular formula is C13H15NO2. The van der Waals surface area contributed by atoms with Gasteiger partial charge in [-0.05, 0) is 12.5 Å². The molecule has 0 aliphatic carbocycles. The molecule has 0 fully saturated rings. The first-order valence-corrected chi connectivity index (χ1v) is 5.11. The number of hydrogen-bond acceptors (Lipinski definition) is 2. The van der Waals surface area contributed by atoms with Crippen molar-refractivity contribution in [3.63, 3.8) is 0 Å². The van der Waals surface area contributed by atoms with Crippen LogP contribution >= 0.6 is 0 Å². The molecule has 0 heterocycles. The molecule has 0 unspecified atom stereocenters. The number of hydrogen-bond donors (Lipinski definition) is 1. The molecule has 1 aromatic rings. The standard InChI is InChI=1S/C13H15NO2/c1-10(15)13-7-5-12(6-8-13)4-3-9-14-11(2)16/h3-8H,9H2,1-2H3,(H,14,16)/b4-3+. The summed E-state index contributed by atoms with van der Waals surface area (Å²) in [6, 6.07) is 7.34. The van der Waals surface area contributed by atoms with Gasteiger partial charge in [-0.2, -0.15) is 0 Å². The molecule has 1 N–H and O–H groups in total. The van der Waals surface area contributed by atoms with Gasteiger partial charge in [-0.3, -0.25) is 9.59 Å². The smallest absolute Gasteiger partial charge is 0.217 e. The second-order valence-electron chi connectivity index (χ2n) is 3.52. The molecule has 0 radical (unpaired) electrons. The van der Waals surface area contributed by atoms with E-state index in [0.717, 1.165) is 5.56 Å². The first-order valence-electron chi connectivity index (χ1n) is 5.11. The van der Waals surface area contributed by atoms with Gasteiger partial charge in [0.1, 0.15) is 0 Å². The van der Waals surface area contributed by atoms with Crippen molar-refractivity contribution in [1.29, 1.82) is 0 Å². The van der Waals surface area contributed by atoms with Crippen LogP contribution in [0.3, 0.4) is 0 Å². The fourth-order valence-electron chi connectivity index (χ4n) is 1.23. The van der Waals surface area contributed by atoms with Gasteiger partial charge in [-0.25, -0.2) is 0 Å². The fraction of sp³-hybridized carbons (Fsp3) is 0.231. The molecule has 0 saturated carbocycles. The van der Waals surface area contributed by atoms with Crippen LogP contribution in [0.25, 0.3) is 6.08 Å². The predicted octanol–water partition coefficient (Wildman–Crippen LogP) is 2.04. The molecule has 0 bridgehead atoms. The third-order valence-corrected chi connectivity index (χ3v) is 2.10. The highest BCUT2D eigenvalue weighted by molar-refractivity contribution is 5.94. The van der Waals surface area contributed by atoms with E-state index in [1.54, 1.807) is 19.1 Å². The minimum absolute atomic E-state index is 0.0448. The number of benzene rings is 1. The molecule has 84 valence electrons. The molecule has 0 aromatic heterocycles. The molecule has 0 aliphatic rings. The second kappa shape index (κ2) is 5.85. The Morgan fingerprint density at radius 2 is 1.81 bits per heavy atom. The topological polar surface area (TPSA) is 46.2 Å². The van der Waals surface area contributed by atoms with Crippen LogP contribution in [0.2, 0.25) is 0 Å². The second-order valence-corrected chi connectivity index (χ2v) is 3.52. The molecule has 1 aromatic carbocycles. The van der Waals surface area contributed by atoms with E-state index in [1.165, 1.54) is 6.92 Å². The van der Waals surface area contributed by atoms with E-state index in [9.17, 15) is 9.59 Å². The summed E-state index contributed by atoms with van der Waals surface area (Å²) in [5.74, 6) is 0.0188. The van der Waals surface area contributed by atoms with E-state index in [1.807, 2.05) is 24.3 Å². The number of carbonyl (C=O) groups is 2. The zero-order valence-corrected chi connectivity index (χ0v) is 9.49. The molecule has 0 spiro atoms. The van der Waals surface area contributed by atoms with E-state index in [0.29, 0.717) is 12.1 Å². The number of nitrogens with one attached hydrogen (secondary N) is 1. The Labute approximate surface area is 95.2 Å². The zero-order valence-electron chi connectivity index (χ0n) is 9.49. The summed E-state index contributed by atoms with van der Waals surface area (Å²) in [7, 11) is 0. The van der Waals surface area contributed by atoms with Gasteiger partial charge in [0.25, 0.3) is 0 Å². The van der Waals surface area contributed by atoms with Crippen LogP contribution < -0.4 is 5.32 Å². The van der Waals surface area contributed by atoms with E-state index >= 15 is 0 Å². The summed E-state index contributed by atoms with van der Waals surface area (Å²) < 4.78 is 0. The van der Waals surface area contributed by atoms with Crippen LogP contribution in [-0.2, 0) is 4.79 Å². The monoisotopic (exact) mass is 217 g/mol. The van der Waals surface area contributed by atoms with Gasteiger partial charge in [-0.15, -0.1) is 0 Å². The van der Waals surface area contributed by atoms with Crippen molar-refractivity contribution < 1.29 is 9.59 Å². The summed E-state index contributed by atoms with van der Waals surface area (Å²) >= 11 is 0. The SMILES string of the molecule is CC(=O)NC/C=C/c1ccc(C(C)=O)cc1. The first-order chi connectivity index (χ1) is 7.59. The summed E-state index contributed by atoms with van der Waals surface area (Å²) in [5, 5.41) is 2.67. The zero-order chi connectivity index (χ0) is 12.0. The Balaban J connectivity index is 2.55. The van der Waals surface area contributed by atoms with Gasteiger partial charge in [0.05, 0.1) is 0 Å². The minimum atomic E-state index is -0.0448. The molecule has 3 heteroatoms. The van der Waals surface area contributed by atoms with Crippen LogP contribution in [-0.4, -0.2) is 18.2 Å². The normalized spacial score (nSPS) is 10.4. The molecule has 0 atom stereocenters. The van der Waals surface area contributed by atoms with Crippen LogP contribution in [0.1, 0.15) is 29.8 Å². The van der Waals surface area contributed by atoms with Crippen molar-refractivity contribution in [2.45, 2.75) is 13.8 Å². The lowest BCUT2D eigenvalue weighted by molar-refractivity contribution is -0.118. The first kappa shape index (κ1) is 12.2. The van der Waals surface area contributed by atoms with Crippen molar-refractivity contribution in [2.75, 3.05) is 6.54 Å². The van der Waals surface area contributed by atoms with Crippen molar-refractivity contribution in [3.8, 4) is 0 Å². The highest BCUT2D eigenvalue weighted by Crippen LogP contribution is 2.06. The van der Waals surface area contributed by atoms with Crippen molar-refractivity contribution >= 4 is 17.8 Å². The van der Waals surface area contributed by atoms with E-state index < -0.39 is 0 Å². The van der Waals surface area contributed by atoms with E-state index in [-0.39, 0.29) is 11.7 Å². The average molecular weight is 217 g/mol. The Bertz CT molecular complexity index is 404. The highest BCUT2D eigenvalue weighted by Gasteiger charge is 1.96.